The number of H-pyrrole nitrogens is 1. The van der Waals surface area contributed by atoms with Gasteiger partial charge in [0.25, 0.3) is 0 Å². The van der Waals surface area contributed by atoms with Crippen molar-refractivity contribution in [1.82, 2.24) is 14.9 Å². The topological polar surface area (TPSA) is 64.4 Å². The maximum atomic E-state index is 12.4. The summed E-state index contributed by atoms with van der Waals surface area (Å²) in [6, 6.07) is 6.38. The highest BCUT2D eigenvalue weighted by molar-refractivity contribution is 7.71. The highest BCUT2D eigenvalue weighted by Gasteiger charge is 2.23. The Balaban J connectivity index is 1.89. The first kappa shape index (κ1) is 15.8. The van der Waals surface area contributed by atoms with Crippen molar-refractivity contribution in [1.29, 1.82) is 0 Å². The van der Waals surface area contributed by atoms with Crippen LogP contribution in [-0.4, -0.2) is 34.3 Å². The molecule has 0 aliphatic carbocycles. The normalized spacial score (nSPS) is 18.1. The lowest BCUT2D eigenvalue weighted by molar-refractivity contribution is -0.0499. The van der Waals surface area contributed by atoms with Gasteiger partial charge in [-0.1, -0.05) is 12.1 Å². The molecule has 1 N–H and O–H groups in total. The Morgan fingerprint density at radius 3 is 3.04 bits per heavy atom. The van der Waals surface area contributed by atoms with E-state index >= 15 is 0 Å². The molecule has 23 heavy (non-hydrogen) atoms. The minimum absolute atomic E-state index is 0.0416. The van der Waals surface area contributed by atoms with Gasteiger partial charge in [-0.25, -0.2) is 0 Å². The quantitative estimate of drug-likeness (QED) is 0.670. The van der Waals surface area contributed by atoms with E-state index in [2.05, 4.69) is 20.0 Å². The van der Waals surface area contributed by atoms with Gasteiger partial charge in [0, 0.05) is 12.2 Å². The summed E-state index contributed by atoms with van der Waals surface area (Å²) >= 11 is 5.15. The third kappa shape index (κ3) is 3.62. The van der Waals surface area contributed by atoms with Gasteiger partial charge in [0.05, 0.1) is 6.21 Å². The molecular weight excluding hydrogens is 326 g/mol. The summed E-state index contributed by atoms with van der Waals surface area (Å²) in [6.45, 7) is -2.23. The van der Waals surface area contributed by atoms with Crippen LogP contribution < -0.4 is 4.74 Å². The first-order valence-corrected chi connectivity index (χ1v) is 7.43. The van der Waals surface area contributed by atoms with Gasteiger partial charge in [-0.05, 0) is 37.2 Å². The summed E-state index contributed by atoms with van der Waals surface area (Å²) in [6.07, 6.45) is 3.01. The molecule has 1 aliphatic heterocycles. The highest BCUT2D eigenvalue weighted by Crippen LogP contribution is 2.27. The Labute approximate surface area is 135 Å². The predicted octanol–water partition coefficient (Wildman–Crippen LogP) is 3.28. The fraction of sp³-hybridized carbons (Fsp3) is 0.357. The second-order valence-electron chi connectivity index (χ2n) is 4.86. The van der Waals surface area contributed by atoms with E-state index in [4.69, 9.17) is 17.0 Å². The fourth-order valence-corrected chi connectivity index (χ4v) is 2.50. The monoisotopic (exact) mass is 340 g/mol. The van der Waals surface area contributed by atoms with Crippen LogP contribution in [0.4, 0.5) is 8.78 Å². The molecule has 1 aromatic carbocycles. The molecule has 6 nitrogen and oxygen atoms in total. The Morgan fingerprint density at radius 2 is 2.30 bits per heavy atom. The van der Waals surface area contributed by atoms with Crippen molar-refractivity contribution >= 4 is 18.4 Å². The number of hydrogen-bond acceptors (Lipinski definition) is 5. The minimum atomic E-state index is -2.90. The van der Waals surface area contributed by atoms with Crippen LogP contribution in [0.5, 0.6) is 5.75 Å². The van der Waals surface area contributed by atoms with Crippen LogP contribution >= 0.6 is 12.2 Å². The number of alkyl halides is 2. The third-order valence-electron chi connectivity index (χ3n) is 3.34. The number of benzene rings is 1. The largest absolute Gasteiger partial charge is 0.434 e. The van der Waals surface area contributed by atoms with E-state index in [0.717, 1.165) is 12.8 Å². The summed E-state index contributed by atoms with van der Waals surface area (Å²) in [5, 5.41) is 11.0. The summed E-state index contributed by atoms with van der Waals surface area (Å²) in [5.74, 6) is 0.607. The van der Waals surface area contributed by atoms with Crippen LogP contribution in [0, 0.1) is 4.77 Å². The van der Waals surface area contributed by atoms with Crippen molar-refractivity contribution in [2.75, 3.05) is 6.61 Å². The van der Waals surface area contributed by atoms with E-state index in [9.17, 15) is 8.78 Å². The zero-order valence-corrected chi connectivity index (χ0v) is 12.8. The number of aromatic amines is 1. The lowest BCUT2D eigenvalue weighted by Gasteiger charge is -2.08. The third-order valence-corrected chi connectivity index (χ3v) is 3.60. The van der Waals surface area contributed by atoms with Crippen LogP contribution in [0.1, 0.15) is 30.3 Å². The summed E-state index contributed by atoms with van der Waals surface area (Å²) in [7, 11) is 0. The molecular formula is C14H14F2N4O2S. The Bertz CT molecular complexity index is 753. The molecule has 1 fully saturated rings. The molecule has 1 aromatic heterocycles. The van der Waals surface area contributed by atoms with Crippen LogP contribution in [0.15, 0.2) is 29.4 Å². The van der Waals surface area contributed by atoms with Gasteiger partial charge < -0.3 is 9.47 Å². The van der Waals surface area contributed by atoms with Gasteiger partial charge in [-0.3, -0.25) is 5.10 Å². The van der Waals surface area contributed by atoms with Gasteiger partial charge >= 0.3 is 6.61 Å². The number of hydrogen-bond donors (Lipinski definition) is 1. The van der Waals surface area contributed by atoms with Crippen molar-refractivity contribution in [2.24, 2.45) is 5.10 Å². The van der Waals surface area contributed by atoms with Crippen molar-refractivity contribution in [3.05, 3.63) is 40.4 Å². The molecule has 0 spiro atoms. The van der Waals surface area contributed by atoms with Gasteiger partial charge in [-0.15, -0.1) is 0 Å². The Kier molecular flexibility index (Phi) is 4.77. The molecule has 1 atom stereocenters. The number of halogens is 2. The van der Waals surface area contributed by atoms with E-state index < -0.39 is 6.61 Å². The number of nitrogens with one attached hydrogen (secondary N) is 1. The highest BCUT2D eigenvalue weighted by atomic mass is 32.1. The lowest BCUT2D eigenvalue weighted by atomic mass is 10.2. The molecule has 9 heteroatoms. The minimum Gasteiger partial charge on any atom is -0.434 e. The molecule has 1 aliphatic rings. The molecule has 0 saturated carbocycles. The standard InChI is InChI=1S/C14H14F2N4O2S/c15-13(16)22-10-5-2-1-4-9(10)8-17-20-12(18-19-14(20)23)11-6-3-7-21-11/h1-2,4-5,8,11,13H,3,6-7H2,(H,19,23)/b17-8-/t11-/m0/s1. The molecule has 0 bridgehead atoms. The zero-order chi connectivity index (χ0) is 16.2. The van der Waals surface area contributed by atoms with Crippen molar-refractivity contribution in [3.63, 3.8) is 0 Å². The van der Waals surface area contributed by atoms with E-state index in [1.54, 1.807) is 18.2 Å². The van der Waals surface area contributed by atoms with Gasteiger partial charge in [-0.2, -0.15) is 23.7 Å². The molecule has 1 saturated heterocycles. The molecule has 3 rings (SSSR count). The van der Waals surface area contributed by atoms with Crippen LogP contribution in [-0.2, 0) is 4.74 Å². The van der Waals surface area contributed by atoms with Crippen LogP contribution in [0.3, 0.4) is 0 Å². The van der Waals surface area contributed by atoms with E-state index in [0.29, 0.717) is 22.8 Å². The predicted molar refractivity (Wildman–Crippen MR) is 81.4 cm³/mol. The number of para-hydroxylation sites is 1. The van der Waals surface area contributed by atoms with Crippen molar-refractivity contribution in [3.8, 4) is 5.75 Å². The summed E-state index contributed by atoms with van der Waals surface area (Å²) < 4.78 is 36.6. The zero-order valence-electron chi connectivity index (χ0n) is 12.0. The van der Waals surface area contributed by atoms with Gasteiger partial charge in [0.2, 0.25) is 4.77 Å². The second kappa shape index (κ2) is 6.97. The molecule has 2 heterocycles. The first-order chi connectivity index (χ1) is 11.1. The SMILES string of the molecule is FC(F)Oc1ccccc1/C=N\n1c([C@@H]2CCCO2)n[nH]c1=S. The number of ether oxygens (including phenoxy) is 2. The summed E-state index contributed by atoms with van der Waals surface area (Å²) in [5.41, 5.74) is 0.411. The average molecular weight is 340 g/mol. The Morgan fingerprint density at radius 1 is 1.48 bits per heavy atom. The van der Waals surface area contributed by atoms with Crippen molar-refractivity contribution < 1.29 is 18.3 Å². The average Bonchev–Trinajstić information content (AvgIpc) is 3.15. The summed E-state index contributed by atoms with van der Waals surface area (Å²) in [4.78, 5) is 0. The molecule has 0 amide bonds. The van der Waals surface area contributed by atoms with E-state index in [1.165, 1.54) is 17.0 Å². The van der Waals surface area contributed by atoms with E-state index in [-0.39, 0.29) is 11.9 Å². The molecule has 0 unspecified atom stereocenters. The van der Waals surface area contributed by atoms with Crippen LogP contribution in [0.25, 0.3) is 0 Å². The Hall–Kier alpha value is -2.13. The number of nitrogens with zero attached hydrogens (tertiary/aromatic N) is 3. The maximum Gasteiger partial charge on any atom is 0.387 e. The lowest BCUT2D eigenvalue weighted by Crippen LogP contribution is -2.06. The van der Waals surface area contributed by atoms with Crippen molar-refractivity contribution in [2.45, 2.75) is 25.6 Å². The molecule has 0 radical (unpaired) electrons. The molecule has 122 valence electrons. The number of rotatable bonds is 5. The maximum absolute atomic E-state index is 12.4. The van der Waals surface area contributed by atoms with E-state index in [1.807, 2.05) is 0 Å². The smallest absolute Gasteiger partial charge is 0.387 e. The van der Waals surface area contributed by atoms with Crippen LogP contribution in [0.2, 0.25) is 0 Å². The first-order valence-electron chi connectivity index (χ1n) is 7.02. The molecule has 2 aromatic rings. The fourth-order valence-electron chi connectivity index (χ4n) is 2.32. The number of aromatic nitrogens is 3. The van der Waals surface area contributed by atoms with Gasteiger partial charge in [0.1, 0.15) is 11.9 Å². The van der Waals surface area contributed by atoms with Gasteiger partial charge in [0.15, 0.2) is 5.82 Å². The second-order valence-corrected chi connectivity index (χ2v) is 5.25.